The molecule has 7 nitrogen and oxygen atoms in total. The molecule has 4 rings (SSSR count). The molecule has 29 heavy (non-hydrogen) atoms. The number of rotatable bonds is 6. The molecule has 0 bridgehead atoms. The molecular formula is C22H27N5O2. The maximum absolute atomic E-state index is 12.9. The molecule has 1 fully saturated rings. The Morgan fingerprint density at radius 1 is 1.34 bits per heavy atom. The summed E-state index contributed by atoms with van der Waals surface area (Å²) in [4.78, 5) is 30.5. The highest BCUT2D eigenvalue weighted by atomic mass is 16.2. The van der Waals surface area contributed by atoms with E-state index < -0.39 is 6.04 Å². The van der Waals surface area contributed by atoms with Crippen molar-refractivity contribution in [1.82, 2.24) is 20.1 Å². The lowest BCUT2D eigenvalue weighted by Gasteiger charge is -2.32. The van der Waals surface area contributed by atoms with Crippen LogP contribution < -0.4 is 10.2 Å². The number of hydrogen-bond donors (Lipinski definition) is 2. The number of amides is 2. The largest absolute Gasteiger partial charge is 0.361 e. The summed E-state index contributed by atoms with van der Waals surface area (Å²) in [5.74, 6) is 0.657. The summed E-state index contributed by atoms with van der Waals surface area (Å²) in [6, 6.07) is 7.56. The summed E-state index contributed by atoms with van der Waals surface area (Å²) in [7, 11) is 0. The highest BCUT2D eigenvalue weighted by molar-refractivity contribution is 5.99. The molecule has 2 N–H and O–H groups in total. The maximum atomic E-state index is 12.9. The average molecular weight is 393 g/mol. The zero-order chi connectivity index (χ0) is 20.4. The first-order valence-corrected chi connectivity index (χ1v) is 10.3. The molecule has 1 aliphatic heterocycles. The minimum absolute atomic E-state index is 0.0532. The van der Waals surface area contributed by atoms with E-state index in [0.717, 1.165) is 28.7 Å². The Kier molecular flexibility index (Phi) is 5.38. The van der Waals surface area contributed by atoms with E-state index >= 15 is 0 Å². The Balaban J connectivity index is 1.39. The molecule has 2 amide bonds. The normalized spacial score (nSPS) is 17.1. The predicted molar refractivity (Wildman–Crippen MR) is 113 cm³/mol. The lowest BCUT2D eigenvalue weighted by atomic mass is 10.0. The van der Waals surface area contributed by atoms with Crippen molar-refractivity contribution in [1.29, 1.82) is 0 Å². The zero-order valence-electron chi connectivity index (χ0n) is 16.9. The molecule has 1 aliphatic rings. The van der Waals surface area contributed by atoms with Crippen LogP contribution in [0.25, 0.3) is 10.9 Å². The fraction of sp³-hybridized carbons (Fsp3) is 0.409. The highest BCUT2D eigenvalue weighted by Crippen LogP contribution is 2.23. The number of anilines is 1. The van der Waals surface area contributed by atoms with Crippen LogP contribution in [0.1, 0.15) is 37.3 Å². The Hall–Kier alpha value is -3.09. The summed E-state index contributed by atoms with van der Waals surface area (Å²) in [6.07, 6.45) is 6.21. The summed E-state index contributed by atoms with van der Waals surface area (Å²) >= 11 is 0. The molecule has 0 spiro atoms. The van der Waals surface area contributed by atoms with Crippen molar-refractivity contribution >= 4 is 28.5 Å². The minimum Gasteiger partial charge on any atom is -0.361 e. The number of carbonyl (C=O) groups excluding carboxylic acids is 2. The van der Waals surface area contributed by atoms with Gasteiger partial charge < -0.3 is 10.3 Å². The van der Waals surface area contributed by atoms with Crippen LogP contribution in [0.2, 0.25) is 0 Å². The fourth-order valence-corrected chi connectivity index (χ4v) is 4.12. The van der Waals surface area contributed by atoms with Crippen LogP contribution in [0.5, 0.6) is 0 Å². The second-order valence-corrected chi connectivity index (χ2v) is 7.57. The molecule has 2 aromatic heterocycles. The number of nitrogens with one attached hydrogen (secondary N) is 2. The van der Waals surface area contributed by atoms with E-state index in [0.29, 0.717) is 32.4 Å². The van der Waals surface area contributed by atoms with E-state index in [1.165, 1.54) is 5.56 Å². The Labute approximate surface area is 170 Å². The van der Waals surface area contributed by atoms with E-state index in [-0.39, 0.29) is 11.8 Å². The highest BCUT2D eigenvalue weighted by Gasteiger charge is 2.32. The number of piperidine rings is 1. The van der Waals surface area contributed by atoms with Gasteiger partial charge in [0.15, 0.2) is 0 Å². The van der Waals surface area contributed by atoms with E-state index in [9.17, 15) is 9.59 Å². The van der Waals surface area contributed by atoms with Crippen molar-refractivity contribution in [2.45, 2.75) is 52.1 Å². The van der Waals surface area contributed by atoms with Crippen LogP contribution in [0.15, 0.2) is 36.7 Å². The van der Waals surface area contributed by atoms with Crippen molar-refractivity contribution in [2.75, 3.05) is 11.4 Å². The van der Waals surface area contributed by atoms with Crippen molar-refractivity contribution < 1.29 is 9.59 Å². The van der Waals surface area contributed by atoms with Gasteiger partial charge in [0.2, 0.25) is 5.91 Å². The summed E-state index contributed by atoms with van der Waals surface area (Å²) in [5, 5.41) is 8.36. The monoisotopic (exact) mass is 393 g/mol. The average Bonchev–Trinajstić information content (AvgIpc) is 3.35. The molecule has 0 radical (unpaired) electrons. The molecule has 3 aromatic rings. The third kappa shape index (κ3) is 3.77. The molecule has 1 unspecified atom stereocenters. The molecular weight excluding hydrogens is 366 g/mol. The number of H-pyrrole nitrogens is 1. The summed E-state index contributed by atoms with van der Waals surface area (Å²) in [5.41, 5.74) is 3.44. The van der Waals surface area contributed by atoms with Crippen LogP contribution in [-0.4, -0.2) is 39.2 Å². The third-order valence-electron chi connectivity index (χ3n) is 5.67. The molecule has 0 saturated carbocycles. The quantitative estimate of drug-likeness (QED) is 0.675. The number of benzene rings is 1. The Morgan fingerprint density at radius 2 is 2.21 bits per heavy atom. The number of nitrogens with zero attached hydrogens (tertiary/aromatic N) is 3. The summed E-state index contributed by atoms with van der Waals surface area (Å²) < 4.78 is 1.81. The van der Waals surface area contributed by atoms with Gasteiger partial charge in [-0.3, -0.25) is 14.5 Å². The molecule has 0 aliphatic carbocycles. The number of aromatic nitrogens is 3. The molecule has 1 aromatic carbocycles. The lowest BCUT2D eigenvalue weighted by Crippen LogP contribution is -2.53. The fourth-order valence-electron chi connectivity index (χ4n) is 4.12. The molecule has 7 heteroatoms. The van der Waals surface area contributed by atoms with E-state index in [4.69, 9.17) is 0 Å². The number of aryl methyl sites for hydroxylation is 3. The number of aromatic amines is 1. The van der Waals surface area contributed by atoms with E-state index in [2.05, 4.69) is 34.5 Å². The Bertz CT molecular complexity index is 1030. The van der Waals surface area contributed by atoms with Gasteiger partial charge in [-0.25, -0.2) is 4.68 Å². The molecule has 3 heterocycles. The second-order valence-electron chi connectivity index (χ2n) is 7.57. The zero-order valence-corrected chi connectivity index (χ0v) is 16.9. The molecule has 1 saturated heterocycles. The van der Waals surface area contributed by atoms with Gasteiger partial charge >= 0.3 is 0 Å². The Morgan fingerprint density at radius 3 is 3.03 bits per heavy atom. The van der Waals surface area contributed by atoms with Gasteiger partial charge in [-0.15, -0.1) is 0 Å². The van der Waals surface area contributed by atoms with Crippen molar-refractivity contribution in [2.24, 2.45) is 0 Å². The standard InChI is InChI=1S/C22H27N5O2/c1-3-27-20(11-12-24-27)26-13-5-8-18(22(26)29)25-19(28)10-9-16-14-23-21-15(2)6-4-7-17(16)21/h4,6-7,11-12,14,18,23H,3,5,8-10,13H2,1-2H3,(H,25,28). The topological polar surface area (TPSA) is 83.0 Å². The maximum Gasteiger partial charge on any atom is 0.250 e. The van der Waals surface area contributed by atoms with Crippen LogP contribution in [0.3, 0.4) is 0 Å². The molecule has 152 valence electrons. The van der Waals surface area contributed by atoms with Crippen LogP contribution in [0.4, 0.5) is 5.82 Å². The van der Waals surface area contributed by atoms with E-state index in [1.54, 1.807) is 15.8 Å². The van der Waals surface area contributed by atoms with Crippen molar-refractivity contribution in [3.8, 4) is 0 Å². The third-order valence-corrected chi connectivity index (χ3v) is 5.67. The van der Waals surface area contributed by atoms with E-state index in [1.807, 2.05) is 25.3 Å². The van der Waals surface area contributed by atoms with Gasteiger partial charge in [0.05, 0.1) is 6.20 Å². The van der Waals surface area contributed by atoms with Gasteiger partial charge in [0.25, 0.3) is 5.91 Å². The molecule has 1 atom stereocenters. The van der Waals surface area contributed by atoms with Gasteiger partial charge in [-0.1, -0.05) is 18.2 Å². The first kappa shape index (κ1) is 19.2. The lowest BCUT2D eigenvalue weighted by molar-refractivity contribution is -0.128. The van der Waals surface area contributed by atoms with Crippen LogP contribution >= 0.6 is 0 Å². The van der Waals surface area contributed by atoms with Crippen molar-refractivity contribution in [3.05, 3.63) is 47.8 Å². The first-order valence-electron chi connectivity index (χ1n) is 10.3. The number of fused-ring (bicyclic) bond motifs is 1. The van der Waals surface area contributed by atoms with Gasteiger partial charge in [0.1, 0.15) is 11.9 Å². The number of carbonyl (C=O) groups is 2. The smallest absolute Gasteiger partial charge is 0.250 e. The summed E-state index contributed by atoms with van der Waals surface area (Å²) in [6.45, 7) is 5.43. The van der Waals surface area contributed by atoms with Gasteiger partial charge in [-0.2, -0.15) is 5.10 Å². The van der Waals surface area contributed by atoms with Gasteiger partial charge in [-0.05, 0) is 44.2 Å². The minimum atomic E-state index is -0.471. The van der Waals surface area contributed by atoms with Crippen LogP contribution in [0, 0.1) is 6.92 Å². The van der Waals surface area contributed by atoms with Gasteiger partial charge in [0, 0.05) is 42.7 Å². The SMILES string of the molecule is CCn1nccc1N1CCCC(NC(=O)CCc2c[nH]c3c(C)cccc23)C1=O. The number of hydrogen-bond acceptors (Lipinski definition) is 3. The number of para-hydroxylation sites is 1. The van der Waals surface area contributed by atoms with Crippen LogP contribution in [-0.2, 0) is 22.6 Å². The predicted octanol–water partition coefficient (Wildman–Crippen LogP) is 2.94. The first-order chi connectivity index (χ1) is 14.1. The van der Waals surface area contributed by atoms with Crippen molar-refractivity contribution in [3.63, 3.8) is 0 Å². The second kappa shape index (κ2) is 8.11.